The highest BCUT2D eigenvalue weighted by molar-refractivity contribution is 6.10. The topological polar surface area (TPSA) is 85.8 Å². The van der Waals surface area contributed by atoms with Crippen LogP contribution in [0.4, 0.5) is 5.82 Å². The molecule has 6 heteroatoms. The number of unbranched alkanes of at least 4 members (excludes halogenated alkanes) is 5. The van der Waals surface area contributed by atoms with Gasteiger partial charge in [-0.05, 0) is 30.5 Å². The van der Waals surface area contributed by atoms with Crippen molar-refractivity contribution in [2.24, 2.45) is 0 Å². The summed E-state index contributed by atoms with van der Waals surface area (Å²) in [5.41, 5.74) is 11.0. The first-order valence-electron chi connectivity index (χ1n) is 12.1. The number of rotatable bonds is 11. The van der Waals surface area contributed by atoms with Gasteiger partial charge in [0.1, 0.15) is 16.9 Å². The van der Waals surface area contributed by atoms with Gasteiger partial charge in [-0.15, -0.1) is 0 Å². The van der Waals surface area contributed by atoms with E-state index in [1.807, 2.05) is 47.0 Å². The van der Waals surface area contributed by atoms with Crippen molar-refractivity contribution in [1.82, 2.24) is 19.9 Å². The lowest BCUT2D eigenvalue weighted by molar-refractivity contribution is 0.0955. The Bertz CT molecular complexity index is 1220. The highest BCUT2D eigenvalue weighted by Crippen LogP contribution is 2.28. The molecule has 0 bridgehead atoms. The van der Waals surface area contributed by atoms with Gasteiger partial charge in [-0.1, -0.05) is 81.5 Å². The number of carbonyl (C=O) groups excluding carboxylic acids is 1. The number of aromatic nitrogens is 3. The zero-order valence-electron chi connectivity index (χ0n) is 19.4. The van der Waals surface area contributed by atoms with E-state index in [2.05, 4.69) is 24.4 Å². The molecule has 1 amide bonds. The minimum atomic E-state index is -0.172. The number of fused-ring (bicyclic) bond motifs is 2. The molecule has 172 valence electrons. The van der Waals surface area contributed by atoms with Crippen molar-refractivity contribution in [2.75, 3.05) is 12.3 Å². The van der Waals surface area contributed by atoms with Gasteiger partial charge in [0.05, 0.1) is 11.0 Å². The van der Waals surface area contributed by atoms with Gasteiger partial charge in [-0.25, -0.2) is 9.97 Å². The number of carbonyl (C=O) groups is 1. The fraction of sp³-hybridized carbons (Fsp3) is 0.370. The summed E-state index contributed by atoms with van der Waals surface area (Å²) in [7, 11) is 0. The Morgan fingerprint density at radius 1 is 0.909 bits per heavy atom. The Balaban J connectivity index is 1.58. The van der Waals surface area contributed by atoms with E-state index < -0.39 is 0 Å². The number of nitrogens with one attached hydrogen (secondary N) is 1. The van der Waals surface area contributed by atoms with Crippen molar-refractivity contribution in [3.63, 3.8) is 0 Å². The lowest BCUT2D eigenvalue weighted by atomic mass is 10.1. The van der Waals surface area contributed by atoms with Gasteiger partial charge < -0.3 is 15.6 Å². The molecule has 0 unspecified atom stereocenters. The molecule has 6 nitrogen and oxygen atoms in total. The first-order valence-corrected chi connectivity index (χ1v) is 12.1. The molecular weight excluding hydrogens is 410 g/mol. The van der Waals surface area contributed by atoms with Gasteiger partial charge in [0.2, 0.25) is 0 Å². The van der Waals surface area contributed by atoms with Crippen molar-refractivity contribution < 1.29 is 4.79 Å². The summed E-state index contributed by atoms with van der Waals surface area (Å²) in [6, 6.07) is 18.0. The average Bonchev–Trinajstić information content (AvgIpc) is 3.11. The number of anilines is 1. The molecule has 4 aromatic rings. The molecule has 4 rings (SSSR count). The van der Waals surface area contributed by atoms with Gasteiger partial charge >= 0.3 is 0 Å². The molecule has 2 aromatic heterocycles. The number of nitrogen functional groups attached to an aromatic ring is 1. The summed E-state index contributed by atoms with van der Waals surface area (Å²) in [5, 5.41) is 3.06. The van der Waals surface area contributed by atoms with Gasteiger partial charge in [0.15, 0.2) is 5.65 Å². The highest BCUT2D eigenvalue weighted by Gasteiger charge is 2.23. The number of nitrogens with zero attached hydrogens (tertiary/aromatic N) is 3. The van der Waals surface area contributed by atoms with E-state index in [1.165, 1.54) is 31.2 Å². The number of aryl methyl sites for hydroxylation is 2. The molecule has 0 saturated heterocycles. The van der Waals surface area contributed by atoms with Gasteiger partial charge in [-0.2, -0.15) is 0 Å². The van der Waals surface area contributed by atoms with Crippen molar-refractivity contribution in [2.45, 2.75) is 58.4 Å². The Labute approximate surface area is 195 Å². The van der Waals surface area contributed by atoms with Crippen molar-refractivity contribution in [3.8, 4) is 0 Å². The molecule has 0 radical (unpaired) electrons. The second-order valence-corrected chi connectivity index (χ2v) is 8.56. The van der Waals surface area contributed by atoms with Gasteiger partial charge in [-0.3, -0.25) is 4.79 Å². The quantitative estimate of drug-likeness (QED) is 0.300. The SMILES string of the molecule is CCCCCCCCNC(=O)c1c(N)n(CCc2ccccc2)c2nc3ccccc3nc12. The van der Waals surface area contributed by atoms with E-state index in [9.17, 15) is 4.79 Å². The molecule has 2 aromatic carbocycles. The van der Waals surface area contributed by atoms with E-state index in [4.69, 9.17) is 15.7 Å². The number of benzene rings is 2. The first-order chi connectivity index (χ1) is 16.2. The average molecular weight is 444 g/mol. The summed E-state index contributed by atoms with van der Waals surface area (Å²) < 4.78 is 1.93. The third-order valence-corrected chi connectivity index (χ3v) is 6.10. The number of para-hydroxylation sites is 2. The maximum absolute atomic E-state index is 13.2. The molecule has 33 heavy (non-hydrogen) atoms. The van der Waals surface area contributed by atoms with E-state index in [-0.39, 0.29) is 5.91 Å². The smallest absolute Gasteiger partial charge is 0.257 e. The van der Waals surface area contributed by atoms with Gasteiger partial charge in [0.25, 0.3) is 5.91 Å². The molecule has 0 spiro atoms. The fourth-order valence-electron chi connectivity index (χ4n) is 4.25. The predicted octanol–water partition coefficient (Wildman–Crippen LogP) is 5.50. The molecule has 0 saturated carbocycles. The van der Waals surface area contributed by atoms with Crippen molar-refractivity contribution in [1.29, 1.82) is 0 Å². The summed E-state index contributed by atoms with van der Waals surface area (Å²) in [6.07, 6.45) is 7.87. The Hall–Kier alpha value is -3.41. The number of amides is 1. The molecule has 3 N–H and O–H groups in total. The van der Waals surface area contributed by atoms with Crippen LogP contribution >= 0.6 is 0 Å². The van der Waals surface area contributed by atoms with Crippen LogP contribution in [0.3, 0.4) is 0 Å². The number of hydrogen-bond acceptors (Lipinski definition) is 4. The van der Waals surface area contributed by atoms with Crippen LogP contribution < -0.4 is 11.1 Å². The summed E-state index contributed by atoms with van der Waals surface area (Å²) in [6.45, 7) is 3.49. The third-order valence-electron chi connectivity index (χ3n) is 6.10. The zero-order chi connectivity index (χ0) is 23.0. The molecule has 0 aliphatic rings. The van der Waals surface area contributed by atoms with Gasteiger partial charge in [0, 0.05) is 13.1 Å². The van der Waals surface area contributed by atoms with E-state index in [1.54, 1.807) is 0 Å². The molecule has 2 heterocycles. The Morgan fingerprint density at radius 3 is 2.33 bits per heavy atom. The zero-order valence-corrected chi connectivity index (χ0v) is 19.4. The maximum atomic E-state index is 13.2. The largest absolute Gasteiger partial charge is 0.384 e. The van der Waals surface area contributed by atoms with Crippen LogP contribution in [0, 0.1) is 0 Å². The number of hydrogen-bond donors (Lipinski definition) is 2. The van der Waals surface area contributed by atoms with Crippen LogP contribution in [0.5, 0.6) is 0 Å². The second kappa shape index (κ2) is 10.9. The normalized spacial score (nSPS) is 11.3. The second-order valence-electron chi connectivity index (χ2n) is 8.56. The standard InChI is InChI=1S/C27H33N5O/c1-2-3-4-5-6-12-18-29-27(33)23-24-26(31-22-16-11-10-15-21(22)30-24)32(25(23)28)19-17-20-13-8-7-9-14-20/h7-11,13-16H,2-6,12,17-19,28H2,1H3,(H,29,33). The summed E-state index contributed by atoms with van der Waals surface area (Å²) >= 11 is 0. The molecule has 0 fully saturated rings. The minimum Gasteiger partial charge on any atom is -0.384 e. The van der Waals surface area contributed by atoms with Crippen LogP contribution in [-0.2, 0) is 13.0 Å². The lowest BCUT2D eigenvalue weighted by Crippen LogP contribution is -2.25. The third kappa shape index (κ3) is 5.33. The van der Waals surface area contributed by atoms with Crippen molar-refractivity contribution in [3.05, 3.63) is 65.7 Å². The fourth-order valence-corrected chi connectivity index (χ4v) is 4.25. The monoisotopic (exact) mass is 443 g/mol. The first kappa shape index (κ1) is 22.8. The van der Waals surface area contributed by atoms with Crippen LogP contribution in [0.25, 0.3) is 22.2 Å². The van der Waals surface area contributed by atoms with E-state index in [0.717, 1.165) is 30.3 Å². The van der Waals surface area contributed by atoms with Crippen LogP contribution in [0.15, 0.2) is 54.6 Å². The lowest BCUT2D eigenvalue weighted by Gasteiger charge is -2.08. The molecular formula is C27H33N5O. The van der Waals surface area contributed by atoms with Crippen molar-refractivity contribution >= 4 is 33.9 Å². The summed E-state index contributed by atoms with van der Waals surface area (Å²) in [5.74, 6) is 0.255. The predicted molar refractivity (Wildman–Crippen MR) is 135 cm³/mol. The number of nitrogens with two attached hydrogens (primary N) is 1. The minimum absolute atomic E-state index is 0.172. The van der Waals surface area contributed by atoms with Crippen LogP contribution in [-0.4, -0.2) is 27.0 Å². The van der Waals surface area contributed by atoms with Crippen LogP contribution in [0.1, 0.15) is 61.4 Å². The molecule has 0 aliphatic heterocycles. The molecule has 0 atom stereocenters. The molecule has 0 aliphatic carbocycles. The Kier molecular flexibility index (Phi) is 7.55. The summed E-state index contributed by atoms with van der Waals surface area (Å²) in [4.78, 5) is 22.8. The maximum Gasteiger partial charge on any atom is 0.257 e. The highest BCUT2D eigenvalue weighted by atomic mass is 16.1. The van der Waals surface area contributed by atoms with Crippen LogP contribution in [0.2, 0.25) is 0 Å². The van der Waals surface area contributed by atoms with E-state index >= 15 is 0 Å². The Morgan fingerprint density at radius 2 is 1.58 bits per heavy atom. The van der Waals surface area contributed by atoms with E-state index in [0.29, 0.717) is 35.6 Å².